The van der Waals surface area contributed by atoms with Gasteiger partial charge in [-0.25, -0.2) is 4.98 Å². The van der Waals surface area contributed by atoms with Crippen LogP contribution in [0.1, 0.15) is 24.9 Å². The number of anilines is 2. The van der Waals surface area contributed by atoms with Crippen molar-refractivity contribution in [3.8, 4) is 5.75 Å². The first kappa shape index (κ1) is 12.9. The Kier molecular flexibility index (Phi) is 3.56. The zero-order valence-electron chi connectivity index (χ0n) is 11.6. The molecule has 0 unspecified atom stereocenters. The lowest BCUT2D eigenvalue weighted by Gasteiger charge is -2.26. The van der Waals surface area contributed by atoms with Gasteiger partial charge >= 0.3 is 0 Å². The summed E-state index contributed by atoms with van der Waals surface area (Å²) in [5, 5.41) is 0. The van der Waals surface area contributed by atoms with E-state index in [2.05, 4.69) is 16.0 Å². The molecule has 0 amide bonds. The molecule has 2 N–H and O–H groups in total. The number of benzene rings is 1. The van der Waals surface area contributed by atoms with Crippen molar-refractivity contribution in [3.63, 3.8) is 0 Å². The molecule has 0 saturated heterocycles. The maximum absolute atomic E-state index is 6.08. The molecule has 1 aromatic heterocycles. The third-order valence-electron chi connectivity index (χ3n) is 3.50. The molecule has 1 aliphatic rings. The third-order valence-corrected chi connectivity index (χ3v) is 3.50. The molecule has 0 saturated carbocycles. The number of para-hydroxylation sites is 2. The molecular weight excluding hydrogens is 250 g/mol. The Morgan fingerprint density at radius 1 is 1.25 bits per heavy atom. The van der Waals surface area contributed by atoms with Crippen molar-refractivity contribution < 1.29 is 4.74 Å². The second-order valence-electron chi connectivity index (χ2n) is 5.03. The zero-order valence-corrected chi connectivity index (χ0v) is 11.6. The van der Waals surface area contributed by atoms with Crippen LogP contribution in [0.2, 0.25) is 0 Å². The highest BCUT2D eigenvalue weighted by molar-refractivity contribution is 5.69. The normalized spacial score (nSPS) is 16.0. The molecule has 0 aliphatic carbocycles. The molecule has 3 rings (SSSR count). The van der Waals surface area contributed by atoms with Crippen molar-refractivity contribution in [2.45, 2.75) is 19.4 Å². The molecule has 1 aliphatic heterocycles. The van der Waals surface area contributed by atoms with Gasteiger partial charge in [-0.15, -0.1) is 0 Å². The van der Waals surface area contributed by atoms with Gasteiger partial charge in [0.25, 0.3) is 0 Å². The average Bonchev–Trinajstić information content (AvgIpc) is 2.69. The SMILES string of the molecule is C[C@H](N)c1cccnc1N1CCCOc2ccccc21. The first-order chi connectivity index (χ1) is 9.77. The number of ether oxygens (including phenoxy) is 1. The topological polar surface area (TPSA) is 51.4 Å². The molecule has 2 heterocycles. The van der Waals surface area contributed by atoms with Crippen LogP contribution in [0.4, 0.5) is 11.5 Å². The van der Waals surface area contributed by atoms with Gasteiger partial charge in [0.2, 0.25) is 0 Å². The Hall–Kier alpha value is -2.07. The van der Waals surface area contributed by atoms with Crippen LogP contribution in [0.15, 0.2) is 42.6 Å². The number of nitrogens with zero attached hydrogens (tertiary/aromatic N) is 2. The van der Waals surface area contributed by atoms with Gasteiger partial charge in [0.15, 0.2) is 0 Å². The van der Waals surface area contributed by atoms with E-state index in [-0.39, 0.29) is 6.04 Å². The summed E-state index contributed by atoms with van der Waals surface area (Å²) >= 11 is 0. The summed E-state index contributed by atoms with van der Waals surface area (Å²) in [5.41, 5.74) is 8.20. The van der Waals surface area contributed by atoms with Gasteiger partial charge in [0.1, 0.15) is 11.6 Å². The highest BCUT2D eigenvalue weighted by atomic mass is 16.5. The second-order valence-corrected chi connectivity index (χ2v) is 5.03. The van der Waals surface area contributed by atoms with Gasteiger partial charge in [0.05, 0.1) is 12.3 Å². The predicted molar refractivity (Wildman–Crippen MR) is 80.4 cm³/mol. The summed E-state index contributed by atoms with van der Waals surface area (Å²) < 4.78 is 5.80. The van der Waals surface area contributed by atoms with Crippen molar-refractivity contribution in [2.75, 3.05) is 18.1 Å². The molecule has 104 valence electrons. The molecular formula is C16H19N3O. The van der Waals surface area contributed by atoms with E-state index in [0.717, 1.165) is 42.4 Å². The smallest absolute Gasteiger partial charge is 0.142 e. The number of rotatable bonds is 2. The van der Waals surface area contributed by atoms with Crippen molar-refractivity contribution >= 4 is 11.5 Å². The summed E-state index contributed by atoms with van der Waals surface area (Å²) in [6.45, 7) is 3.60. The lowest BCUT2D eigenvalue weighted by atomic mass is 10.1. The fraction of sp³-hybridized carbons (Fsp3) is 0.312. The van der Waals surface area contributed by atoms with E-state index in [1.807, 2.05) is 43.5 Å². The predicted octanol–water partition coefficient (Wildman–Crippen LogP) is 3.02. The minimum atomic E-state index is -0.0463. The first-order valence-electron chi connectivity index (χ1n) is 6.97. The van der Waals surface area contributed by atoms with Gasteiger partial charge < -0.3 is 15.4 Å². The maximum Gasteiger partial charge on any atom is 0.142 e. The Morgan fingerprint density at radius 3 is 2.95 bits per heavy atom. The summed E-state index contributed by atoms with van der Waals surface area (Å²) in [4.78, 5) is 6.76. The van der Waals surface area contributed by atoms with E-state index < -0.39 is 0 Å². The number of aromatic nitrogens is 1. The molecule has 0 spiro atoms. The van der Waals surface area contributed by atoms with Gasteiger partial charge in [-0.1, -0.05) is 18.2 Å². The molecule has 1 aromatic carbocycles. The molecule has 0 bridgehead atoms. The van der Waals surface area contributed by atoms with Crippen molar-refractivity contribution in [3.05, 3.63) is 48.2 Å². The molecule has 2 aromatic rings. The fourth-order valence-electron chi connectivity index (χ4n) is 2.54. The first-order valence-corrected chi connectivity index (χ1v) is 6.97. The lowest BCUT2D eigenvalue weighted by molar-refractivity contribution is 0.322. The molecule has 4 heteroatoms. The standard InChI is InChI=1S/C16H19N3O/c1-12(17)13-6-4-9-18-16(13)19-10-5-11-20-15-8-3-2-7-14(15)19/h2-4,6-9,12H,5,10-11,17H2,1H3/t12-/m0/s1. The van der Waals surface area contributed by atoms with Gasteiger partial charge in [0, 0.05) is 24.3 Å². The van der Waals surface area contributed by atoms with E-state index >= 15 is 0 Å². The van der Waals surface area contributed by atoms with Crippen molar-refractivity contribution in [1.82, 2.24) is 4.98 Å². The summed E-state index contributed by atoms with van der Waals surface area (Å²) in [6.07, 6.45) is 2.78. The quantitative estimate of drug-likeness (QED) is 0.910. The molecule has 1 atom stereocenters. The van der Waals surface area contributed by atoms with Crippen LogP contribution in [-0.4, -0.2) is 18.1 Å². The van der Waals surface area contributed by atoms with E-state index in [4.69, 9.17) is 10.5 Å². The molecule has 20 heavy (non-hydrogen) atoms. The van der Waals surface area contributed by atoms with Crippen LogP contribution in [0.5, 0.6) is 5.75 Å². The zero-order chi connectivity index (χ0) is 13.9. The van der Waals surface area contributed by atoms with Crippen molar-refractivity contribution in [1.29, 1.82) is 0 Å². The van der Waals surface area contributed by atoms with E-state index in [1.165, 1.54) is 0 Å². The van der Waals surface area contributed by atoms with Crippen LogP contribution in [0.3, 0.4) is 0 Å². The van der Waals surface area contributed by atoms with E-state index in [0.29, 0.717) is 0 Å². The minimum absolute atomic E-state index is 0.0463. The lowest BCUT2D eigenvalue weighted by Crippen LogP contribution is -2.22. The fourth-order valence-corrected chi connectivity index (χ4v) is 2.54. The largest absolute Gasteiger partial charge is 0.491 e. The number of nitrogens with two attached hydrogens (primary N) is 1. The monoisotopic (exact) mass is 269 g/mol. The average molecular weight is 269 g/mol. The summed E-state index contributed by atoms with van der Waals surface area (Å²) in [7, 11) is 0. The Morgan fingerprint density at radius 2 is 2.10 bits per heavy atom. The Bertz CT molecular complexity index is 598. The van der Waals surface area contributed by atoms with Crippen LogP contribution >= 0.6 is 0 Å². The second kappa shape index (κ2) is 5.51. The van der Waals surface area contributed by atoms with Crippen LogP contribution in [0.25, 0.3) is 0 Å². The molecule has 0 radical (unpaired) electrons. The molecule has 0 fully saturated rings. The van der Waals surface area contributed by atoms with Crippen LogP contribution in [0, 0.1) is 0 Å². The van der Waals surface area contributed by atoms with Gasteiger partial charge in [-0.05, 0) is 31.5 Å². The molecule has 4 nitrogen and oxygen atoms in total. The number of fused-ring (bicyclic) bond motifs is 1. The van der Waals surface area contributed by atoms with E-state index in [1.54, 1.807) is 0 Å². The van der Waals surface area contributed by atoms with Crippen molar-refractivity contribution in [2.24, 2.45) is 5.73 Å². The third kappa shape index (κ3) is 2.34. The van der Waals surface area contributed by atoms with Gasteiger partial charge in [-0.2, -0.15) is 0 Å². The highest BCUT2D eigenvalue weighted by Gasteiger charge is 2.21. The summed E-state index contributed by atoms with van der Waals surface area (Å²) in [5.74, 6) is 1.84. The number of pyridine rings is 1. The summed E-state index contributed by atoms with van der Waals surface area (Å²) in [6, 6.07) is 12.0. The van der Waals surface area contributed by atoms with Crippen LogP contribution in [-0.2, 0) is 0 Å². The van der Waals surface area contributed by atoms with Gasteiger partial charge in [-0.3, -0.25) is 0 Å². The Balaban J connectivity index is 2.10. The highest BCUT2D eigenvalue weighted by Crippen LogP contribution is 2.37. The van der Waals surface area contributed by atoms with E-state index in [9.17, 15) is 0 Å². The van der Waals surface area contributed by atoms with Crippen LogP contribution < -0.4 is 15.4 Å². The number of hydrogen-bond donors (Lipinski definition) is 1. The maximum atomic E-state index is 6.08. The Labute approximate surface area is 119 Å². The minimum Gasteiger partial charge on any atom is -0.491 e. The number of hydrogen-bond acceptors (Lipinski definition) is 4.